The van der Waals surface area contributed by atoms with Crippen LogP contribution in [-0.4, -0.2) is 16.4 Å². The zero-order valence-electron chi connectivity index (χ0n) is 8.33. The number of hydrogen-bond acceptors (Lipinski definition) is 1. The van der Waals surface area contributed by atoms with Crippen LogP contribution in [0.15, 0.2) is 0 Å². The summed E-state index contributed by atoms with van der Waals surface area (Å²) in [5, 5.41) is 9.81. The molecule has 68 valence electrons. The lowest BCUT2D eigenvalue weighted by atomic mass is 9.70. The number of hydrogen-bond donors (Lipinski definition) is 1. The Morgan fingerprint density at radius 1 is 0.909 bits per heavy atom. The van der Waals surface area contributed by atoms with Crippen LogP contribution in [0.3, 0.4) is 0 Å². The van der Waals surface area contributed by atoms with E-state index in [2.05, 4.69) is 0 Å². The number of alkyl halides is 1. The molecule has 0 bridgehead atoms. The zero-order valence-corrected chi connectivity index (χ0v) is 8.33. The van der Waals surface area contributed by atoms with Gasteiger partial charge in [-0.1, -0.05) is 20.8 Å². The summed E-state index contributed by atoms with van der Waals surface area (Å²) >= 11 is 0. The van der Waals surface area contributed by atoms with E-state index in [1.54, 1.807) is 0 Å². The summed E-state index contributed by atoms with van der Waals surface area (Å²) in [6.45, 7) is 9.82. The Hall–Kier alpha value is -0.110. The first kappa shape index (κ1) is 10.9. The van der Waals surface area contributed by atoms with Crippen molar-refractivity contribution in [3.05, 3.63) is 0 Å². The smallest absolute Gasteiger partial charge is 0.134 e. The Labute approximate surface area is 68.6 Å². The lowest BCUT2D eigenvalue weighted by Crippen LogP contribution is -2.53. The molecule has 0 radical (unpaired) electrons. The highest BCUT2D eigenvalue weighted by molar-refractivity contribution is 4.98. The first-order chi connectivity index (χ1) is 4.50. The predicted molar refractivity (Wildman–Crippen MR) is 45.3 cm³/mol. The van der Waals surface area contributed by atoms with Crippen LogP contribution in [0.4, 0.5) is 4.39 Å². The molecule has 0 aliphatic carbocycles. The van der Waals surface area contributed by atoms with Gasteiger partial charge in [0, 0.05) is 0 Å². The van der Waals surface area contributed by atoms with Crippen LogP contribution in [0.5, 0.6) is 0 Å². The van der Waals surface area contributed by atoms with Crippen LogP contribution < -0.4 is 0 Å². The van der Waals surface area contributed by atoms with Gasteiger partial charge in [-0.05, 0) is 26.2 Å². The Morgan fingerprint density at radius 3 is 1.18 bits per heavy atom. The van der Waals surface area contributed by atoms with Gasteiger partial charge < -0.3 is 5.11 Å². The van der Waals surface area contributed by atoms with Gasteiger partial charge in [-0.15, -0.1) is 0 Å². The minimum atomic E-state index is -1.56. The van der Waals surface area contributed by atoms with E-state index in [9.17, 15) is 9.50 Å². The third-order valence-electron chi connectivity index (χ3n) is 2.62. The Morgan fingerprint density at radius 2 is 1.18 bits per heavy atom. The van der Waals surface area contributed by atoms with Gasteiger partial charge in [0.25, 0.3) is 0 Å². The Balaban J connectivity index is 4.75. The minimum Gasteiger partial charge on any atom is -0.386 e. The molecule has 0 heterocycles. The van der Waals surface area contributed by atoms with E-state index in [0.717, 1.165) is 0 Å². The van der Waals surface area contributed by atoms with E-state index in [1.165, 1.54) is 20.8 Å². The summed E-state index contributed by atoms with van der Waals surface area (Å²) in [6.07, 6.45) is 0. The molecule has 1 nitrogen and oxygen atoms in total. The fourth-order valence-electron chi connectivity index (χ4n) is 0.892. The standard InChI is InChI=1S/C9H19FO/c1-7(2,3)9(6,11)8(4,5)10/h11H,1-6H3. The normalized spacial score (nSPS) is 19.6. The van der Waals surface area contributed by atoms with Gasteiger partial charge in [-0.3, -0.25) is 0 Å². The quantitative estimate of drug-likeness (QED) is 0.628. The topological polar surface area (TPSA) is 20.2 Å². The molecule has 0 aliphatic rings. The van der Waals surface area contributed by atoms with Gasteiger partial charge in [-0.25, -0.2) is 4.39 Å². The highest BCUT2D eigenvalue weighted by Gasteiger charge is 2.48. The summed E-state index contributed by atoms with van der Waals surface area (Å²) in [4.78, 5) is 0. The average molecular weight is 162 g/mol. The largest absolute Gasteiger partial charge is 0.386 e. The molecule has 0 saturated heterocycles. The molecule has 0 aliphatic heterocycles. The van der Waals surface area contributed by atoms with Crippen LogP contribution in [-0.2, 0) is 0 Å². The van der Waals surface area contributed by atoms with Crippen molar-refractivity contribution >= 4 is 0 Å². The first-order valence-corrected chi connectivity index (χ1v) is 3.91. The predicted octanol–water partition coefficient (Wildman–Crippen LogP) is 2.53. The Kier molecular flexibility index (Phi) is 2.42. The van der Waals surface area contributed by atoms with Crippen molar-refractivity contribution in [3.63, 3.8) is 0 Å². The second-order valence-electron chi connectivity index (χ2n) is 4.79. The molecule has 0 fully saturated rings. The molecular weight excluding hydrogens is 143 g/mol. The molecule has 0 amide bonds. The molecule has 0 rings (SSSR count). The average Bonchev–Trinajstić information content (AvgIpc) is 1.58. The molecule has 0 aromatic heterocycles. The van der Waals surface area contributed by atoms with Crippen LogP contribution in [0.2, 0.25) is 0 Å². The molecule has 2 heteroatoms. The van der Waals surface area contributed by atoms with Gasteiger partial charge >= 0.3 is 0 Å². The maximum absolute atomic E-state index is 13.4. The molecular formula is C9H19FO. The second kappa shape index (κ2) is 2.44. The molecule has 1 N–H and O–H groups in total. The van der Waals surface area contributed by atoms with Gasteiger partial charge in [0.15, 0.2) is 0 Å². The zero-order chi connectivity index (χ0) is 9.50. The van der Waals surface area contributed by atoms with E-state index < -0.39 is 16.7 Å². The van der Waals surface area contributed by atoms with E-state index in [4.69, 9.17) is 0 Å². The van der Waals surface area contributed by atoms with Gasteiger partial charge in [-0.2, -0.15) is 0 Å². The number of rotatable bonds is 1. The first-order valence-electron chi connectivity index (χ1n) is 3.91. The maximum atomic E-state index is 13.4. The number of halogens is 1. The van der Waals surface area contributed by atoms with Crippen molar-refractivity contribution in [3.8, 4) is 0 Å². The van der Waals surface area contributed by atoms with E-state index in [1.807, 2.05) is 20.8 Å². The van der Waals surface area contributed by atoms with Crippen LogP contribution in [0.1, 0.15) is 41.5 Å². The minimum absolute atomic E-state index is 0.439. The van der Waals surface area contributed by atoms with Crippen molar-refractivity contribution in [1.82, 2.24) is 0 Å². The lowest BCUT2D eigenvalue weighted by Gasteiger charge is -2.44. The van der Waals surface area contributed by atoms with Crippen molar-refractivity contribution in [2.75, 3.05) is 0 Å². The monoisotopic (exact) mass is 162 g/mol. The fraction of sp³-hybridized carbons (Fsp3) is 1.00. The van der Waals surface area contributed by atoms with E-state index in [-0.39, 0.29) is 0 Å². The molecule has 1 unspecified atom stereocenters. The summed E-state index contributed by atoms with van der Waals surface area (Å²) in [7, 11) is 0. The fourth-order valence-corrected chi connectivity index (χ4v) is 0.892. The maximum Gasteiger partial charge on any atom is 0.134 e. The highest BCUT2D eigenvalue weighted by atomic mass is 19.1. The van der Waals surface area contributed by atoms with Crippen LogP contribution in [0.25, 0.3) is 0 Å². The van der Waals surface area contributed by atoms with Crippen LogP contribution in [0, 0.1) is 5.41 Å². The van der Waals surface area contributed by atoms with Gasteiger partial charge in [0.05, 0.1) is 0 Å². The van der Waals surface area contributed by atoms with E-state index in [0.29, 0.717) is 0 Å². The summed E-state index contributed by atoms with van der Waals surface area (Å²) in [5.74, 6) is 0. The van der Waals surface area contributed by atoms with Crippen LogP contribution >= 0.6 is 0 Å². The third-order valence-corrected chi connectivity index (χ3v) is 2.62. The molecule has 11 heavy (non-hydrogen) atoms. The molecule has 0 aromatic carbocycles. The van der Waals surface area contributed by atoms with E-state index >= 15 is 0 Å². The van der Waals surface area contributed by atoms with Crippen molar-refractivity contribution in [2.24, 2.45) is 5.41 Å². The molecule has 0 saturated carbocycles. The van der Waals surface area contributed by atoms with Crippen molar-refractivity contribution in [2.45, 2.75) is 52.8 Å². The van der Waals surface area contributed by atoms with Crippen molar-refractivity contribution < 1.29 is 9.50 Å². The van der Waals surface area contributed by atoms with Gasteiger partial charge in [0.2, 0.25) is 0 Å². The SMILES string of the molecule is CC(C)(C)C(C)(O)C(C)(C)F. The second-order valence-corrected chi connectivity index (χ2v) is 4.79. The van der Waals surface area contributed by atoms with Crippen molar-refractivity contribution in [1.29, 1.82) is 0 Å². The van der Waals surface area contributed by atoms with Gasteiger partial charge in [0.1, 0.15) is 11.3 Å². The lowest BCUT2D eigenvalue weighted by molar-refractivity contribution is -0.139. The Bertz CT molecular complexity index is 121. The molecule has 0 aromatic rings. The third kappa shape index (κ3) is 1.92. The molecule has 1 atom stereocenters. The highest BCUT2D eigenvalue weighted by Crippen LogP contribution is 2.40. The summed E-state index contributed by atoms with van der Waals surface area (Å²) in [6, 6.07) is 0. The number of aliphatic hydroxyl groups is 1. The summed E-state index contributed by atoms with van der Waals surface area (Å²) in [5.41, 5.74) is -3.30. The molecule has 0 spiro atoms. The summed E-state index contributed by atoms with van der Waals surface area (Å²) < 4.78 is 13.4.